The van der Waals surface area contributed by atoms with Gasteiger partial charge in [-0.15, -0.1) is 6.58 Å². The number of allylic oxidation sites excluding steroid dienone is 1. The third kappa shape index (κ3) is 11.0. The van der Waals surface area contributed by atoms with Crippen molar-refractivity contribution in [2.75, 3.05) is 38.3 Å². The molecule has 342 valence electrons. The highest BCUT2D eigenvalue weighted by molar-refractivity contribution is 7.53. The number of halogens is 1. The van der Waals surface area contributed by atoms with Crippen LogP contribution in [0.3, 0.4) is 0 Å². The lowest BCUT2D eigenvalue weighted by Gasteiger charge is -2.30. The van der Waals surface area contributed by atoms with E-state index in [9.17, 15) is 52.8 Å². The number of carbonyl (C=O) groups excluding carboxylic acids is 2. The molecule has 63 heavy (non-hydrogen) atoms. The summed E-state index contributed by atoms with van der Waals surface area (Å²) in [5, 5.41) is 23.1. The highest BCUT2D eigenvalue weighted by Crippen LogP contribution is 2.56. The fourth-order valence-electron chi connectivity index (χ4n) is 6.79. The highest BCUT2D eigenvalue weighted by Gasteiger charge is 2.56. The van der Waals surface area contributed by atoms with Crippen molar-refractivity contribution in [3.05, 3.63) is 77.9 Å². The summed E-state index contributed by atoms with van der Waals surface area (Å²) in [6.07, 6.45) is -5.21. The molecule has 4 aromatic rings. The van der Waals surface area contributed by atoms with Crippen LogP contribution in [0.4, 0.5) is 16.0 Å². The molecule has 26 nitrogen and oxygen atoms in total. The lowest BCUT2D eigenvalue weighted by molar-refractivity contribution is -0.167. The van der Waals surface area contributed by atoms with E-state index in [-0.39, 0.29) is 42.2 Å². The van der Waals surface area contributed by atoms with Crippen LogP contribution in [-0.2, 0) is 53.3 Å². The number of nitrogens with zero attached hydrogens (tertiary/aromatic N) is 8. The number of aromatic nitrogens is 7. The maximum absolute atomic E-state index is 14.1. The maximum atomic E-state index is 14.1. The summed E-state index contributed by atoms with van der Waals surface area (Å²) in [6.45, 7) is 0.736. The second-order valence-electron chi connectivity index (χ2n) is 14.1. The number of hydrogen-bond acceptors (Lipinski definition) is 20. The van der Waals surface area contributed by atoms with Gasteiger partial charge >= 0.3 is 27.1 Å². The summed E-state index contributed by atoms with van der Waals surface area (Å²) in [6, 6.07) is 0.789. The van der Waals surface area contributed by atoms with E-state index in [4.69, 9.17) is 34.9 Å². The van der Waals surface area contributed by atoms with Crippen molar-refractivity contribution < 1.29 is 76.0 Å². The largest absolute Gasteiger partial charge is 0.469 e. The van der Waals surface area contributed by atoms with Gasteiger partial charge in [0.1, 0.15) is 53.6 Å². The Kier molecular flexibility index (Phi) is 14.8. The Bertz CT molecular complexity index is 2460. The van der Waals surface area contributed by atoms with Gasteiger partial charge in [0.25, 0.3) is 0 Å². The predicted molar refractivity (Wildman–Crippen MR) is 210 cm³/mol. The molecule has 1 amide bonds. The van der Waals surface area contributed by atoms with E-state index >= 15 is 0 Å². The van der Waals surface area contributed by atoms with Crippen LogP contribution in [-0.4, -0.2) is 145 Å². The minimum atomic E-state index is -5.32. The number of rotatable bonds is 19. The van der Waals surface area contributed by atoms with Crippen LogP contribution in [0.25, 0.3) is 11.2 Å². The van der Waals surface area contributed by atoms with Gasteiger partial charge in [-0.05, 0) is 24.1 Å². The summed E-state index contributed by atoms with van der Waals surface area (Å²) < 4.78 is 74.7. The molecule has 0 saturated carbocycles. The van der Waals surface area contributed by atoms with Crippen molar-refractivity contribution in [3.8, 4) is 0 Å². The van der Waals surface area contributed by atoms with Gasteiger partial charge in [-0.1, -0.05) is 6.08 Å². The zero-order valence-electron chi connectivity index (χ0n) is 33.0. The van der Waals surface area contributed by atoms with E-state index in [0.29, 0.717) is 10.1 Å². The summed E-state index contributed by atoms with van der Waals surface area (Å²) in [5.41, 5.74) is 8.80. The molecule has 4 aromatic heterocycles. The molecule has 1 unspecified atom stereocenters. The zero-order valence-corrected chi connectivity index (χ0v) is 34.8. The van der Waals surface area contributed by atoms with Crippen LogP contribution in [0.2, 0.25) is 0 Å². The number of fused-ring (bicyclic) bond motifs is 1. The van der Waals surface area contributed by atoms with Crippen LogP contribution in [0.15, 0.2) is 60.8 Å². The average molecular weight is 929 g/mol. The molecule has 0 radical (unpaired) electrons. The van der Waals surface area contributed by atoms with E-state index in [0.717, 1.165) is 35.8 Å². The summed E-state index contributed by atoms with van der Waals surface area (Å²) in [7, 11) is -9.26. The maximum Gasteiger partial charge on any atom is 0.469 e. The molecule has 0 aliphatic carbocycles. The first-order chi connectivity index (χ1) is 29.8. The number of nitrogen functional groups attached to an aromatic ring is 2. The van der Waals surface area contributed by atoms with E-state index in [2.05, 4.69) is 36.0 Å². The number of nitrogens with two attached hydrogens (primary N) is 2. The second-order valence-corrected chi connectivity index (χ2v) is 17.4. The topological polar surface area (TPSA) is 371 Å². The third-order valence-corrected chi connectivity index (χ3v) is 12.3. The van der Waals surface area contributed by atoms with Crippen LogP contribution in [0.1, 0.15) is 30.9 Å². The van der Waals surface area contributed by atoms with Crippen LogP contribution < -0.4 is 17.2 Å². The number of aliphatic hydroxyl groups is 2. The minimum Gasteiger partial charge on any atom is -0.455 e. The molecule has 2 aliphatic rings. The number of esters is 1. The van der Waals surface area contributed by atoms with Gasteiger partial charge in [-0.3, -0.25) is 28.0 Å². The van der Waals surface area contributed by atoms with Gasteiger partial charge in [0.05, 0.1) is 39.0 Å². The van der Waals surface area contributed by atoms with Crippen LogP contribution in [0, 0.1) is 5.82 Å². The molecule has 0 aromatic carbocycles. The molecular formula is C34H43FN10O16P2. The number of phosphoric ester groups is 1. The zero-order chi connectivity index (χ0) is 45.8. The first-order valence-corrected chi connectivity index (χ1v) is 21.8. The Balaban J connectivity index is 1.29. The normalized spacial score (nSPS) is 25.1. The highest BCUT2D eigenvalue weighted by atomic mass is 31.2. The van der Waals surface area contributed by atoms with Gasteiger partial charge in [-0.2, -0.15) is 4.98 Å². The molecule has 6 heterocycles. The fourth-order valence-corrected chi connectivity index (χ4v) is 8.77. The first-order valence-electron chi connectivity index (χ1n) is 18.7. The monoisotopic (exact) mass is 928 g/mol. The lowest BCUT2D eigenvalue weighted by Crippen LogP contribution is -2.49. The Hall–Kier alpha value is -5.15. The van der Waals surface area contributed by atoms with Crippen molar-refractivity contribution in [3.63, 3.8) is 0 Å². The third-order valence-electron chi connectivity index (χ3n) is 9.89. The van der Waals surface area contributed by atoms with Crippen molar-refractivity contribution in [2.45, 2.75) is 74.1 Å². The van der Waals surface area contributed by atoms with Crippen LogP contribution >= 0.6 is 15.4 Å². The summed E-state index contributed by atoms with van der Waals surface area (Å²) >= 11 is 0. The number of likely N-dealkylation sites (N-methyl/N-ethyl adjacent to an activating group) is 1. The molecule has 0 bridgehead atoms. The Morgan fingerprint density at radius 3 is 2.46 bits per heavy atom. The summed E-state index contributed by atoms with van der Waals surface area (Å²) in [5.74, 6) is -2.60. The van der Waals surface area contributed by atoms with Crippen molar-refractivity contribution in [1.82, 2.24) is 39.0 Å². The van der Waals surface area contributed by atoms with E-state index in [1.807, 2.05) is 0 Å². The minimum absolute atomic E-state index is 0.0405. The molecule has 9 N–H and O–H groups in total. The van der Waals surface area contributed by atoms with E-state index in [1.165, 1.54) is 30.2 Å². The first kappa shape index (κ1) is 47.3. The fraction of sp³-hybridized carbons (Fsp3) is 0.471. The predicted octanol–water partition coefficient (Wildman–Crippen LogP) is -1.10. The van der Waals surface area contributed by atoms with Gasteiger partial charge in [0.15, 0.2) is 36.1 Å². The van der Waals surface area contributed by atoms with E-state index in [1.54, 1.807) is 0 Å². The van der Waals surface area contributed by atoms with Crippen LogP contribution in [0.5, 0.6) is 0 Å². The average Bonchev–Trinajstić information content (AvgIpc) is 3.90. The van der Waals surface area contributed by atoms with Crippen molar-refractivity contribution in [1.29, 1.82) is 0 Å². The molecule has 29 heteroatoms. The van der Waals surface area contributed by atoms with Crippen molar-refractivity contribution in [2.24, 2.45) is 0 Å². The molecule has 2 aliphatic heterocycles. The molecule has 2 saturated heterocycles. The number of aliphatic hydroxyl groups excluding tert-OH is 2. The Morgan fingerprint density at radius 1 is 1.05 bits per heavy atom. The number of phosphoric acid groups is 1. The Morgan fingerprint density at radius 2 is 1.76 bits per heavy atom. The van der Waals surface area contributed by atoms with Gasteiger partial charge in [-0.25, -0.2) is 33.5 Å². The second kappa shape index (κ2) is 19.7. The molecule has 10 atom stereocenters. The molecule has 0 spiro atoms. The SMILES string of the molecule is C=CCCC(=O)N(C)[C@@H](COCc1cncc(F)c1)C(=O)O[C@H]1[C@@H](O)[C@H](n2cnc3c(N)ncnc32)O[C@@H]1COP(=O)(O)[C@H]1[C@@H](O)[C@H](n2ccc(N)nc2=O)O[C@@H]1COP(=O)(O)O. The molecular weight excluding hydrogens is 885 g/mol. The van der Waals surface area contributed by atoms with E-state index < -0.39 is 113 Å². The number of ether oxygens (including phenoxy) is 4. The lowest BCUT2D eigenvalue weighted by atomic mass is 10.1. The van der Waals surface area contributed by atoms with Gasteiger partial charge in [0, 0.05) is 25.9 Å². The molecule has 6 rings (SSSR count). The van der Waals surface area contributed by atoms with Crippen molar-refractivity contribution >= 4 is 50.1 Å². The number of pyridine rings is 1. The van der Waals surface area contributed by atoms with Gasteiger partial charge in [0.2, 0.25) is 5.91 Å². The number of imidazole rings is 1. The number of anilines is 2. The number of hydrogen-bond donors (Lipinski definition) is 7. The quantitative estimate of drug-likeness (QED) is 0.0333. The van der Waals surface area contributed by atoms with Gasteiger partial charge < -0.3 is 64.7 Å². The standard InChI is InChI=1S/C34H43FN10O16P2/c1-3-4-5-23(46)43(2)19(12-56-11-17-8-18(35)10-38-9-17)33(49)61-27-20(59-31(25(27)47)45-16-41-24-29(37)39-15-40-30(24)45)13-57-62(51,52)28-21(14-58-63(53,54)55)60-32(26(28)48)44-7-6-22(36)42-34(44)50/h3,6-10,15-16,19-21,25-28,31-32,47-48H,1,4-5,11-14H2,2H3,(H,51,52)(H2,36,42,50)(H2,37,39,40)(H2,53,54,55)/t19-,20+,21+,25+,26+,27+,28+,31+,32+/m0/s1. The Labute approximate surface area is 355 Å². The number of amides is 1. The smallest absolute Gasteiger partial charge is 0.455 e. The number of carbonyl (C=O) groups is 2. The summed E-state index contributed by atoms with van der Waals surface area (Å²) in [4.78, 5) is 90.6. The molecule has 2 fully saturated rings.